The van der Waals surface area contributed by atoms with Crippen LogP contribution in [0.15, 0.2) is 53.4 Å². The van der Waals surface area contributed by atoms with Crippen LogP contribution in [0, 0.1) is 10.1 Å². The zero-order valence-electron chi connectivity index (χ0n) is 14.9. The molecule has 0 spiro atoms. The highest BCUT2D eigenvalue weighted by molar-refractivity contribution is 7.89. The largest absolute Gasteiger partial charge is 0.379 e. The molecule has 0 bridgehead atoms. The lowest BCUT2D eigenvalue weighted by atomic mass is 10.2. The summed E-state index contributed by atoms with van der Waals surface area (Å²) < 4.78 is 25.1. The monoisotopic (exact) mass is 392 g/mol. The van der Waals surface area contributed by atoms with Crippen molar-refractivity contribution < 1.29 is 18.1 Å². The van der Waals surface area contributed by atoms with Gasteiger partial charge in [0, 0.05) is 38.8 Å². The Morgan fingerprint density at radius 3 is 2.33 bits per heavy atom. The van der Waals surface area contributed by atoms with Crippen LogP contribution >= 0.6 is 0 Å². The van der Waals surface area contributed by atoms with Crippen molar-refractivity contribution in [2.75, 3.05) is 31.3 Å². The van der Waals surface area contributed by atoms with Gasteiger partial charge in [-0.3, -0.25) is 14.9 Å². The second kappa shape index (κ2) is 8.60. The minimum absolute atomic E-state index is 0.0596. The maximum atomic E-state index is 12.0. The number of sulfonamides is 1. The number of amides is 1. The standard InChI is InChI=1S/C17H20N4O5S/c1-20(2)27(25,26)14-9-7-13(8-10-14)19-17(22)11-12-18-15-5-3-4-6-16(15)21(23)24/h3-10,18H,11-12H2,1-2H3,(H,19,22). The molecule has 0 aliphatic carbocycles. The van der Waals surface area contributed by atoms with Crippen LogP contribution in [-0.2, 0) is 14.8 Å². The van der Waals surface area contributed by atoms with E-state index in [1.807, 2.05) is 0 Å². The van der Waals surface area contributed by atoms with E-state index >= 15 is 0 Å². The average Bonchev–Trinajstić information content (AvgIpc) is 2.62. The third-order valence-corrected chi connectivity index (χ3v) is 5.51. The lowest BCUT2D eigenvalue weighted by molar-refractivity contribution is -0.384. The highest BCUT2D eigenvalue weighted by Gasteiger charge is 2.17. The topological polar surface area (TPSA) is 122 Å². The summed E-state index contributed by atoms with van der Waals surface area (Å²) in [5.41, 5.74) is 0.743. The zero-order valence-corrected chi connectivity index (χ0v) is 15.7. The summed E-state index contributed by atoms with van der Waals surface area (Å²) in [6, 6.07) is 12.0. The van der Waals surface area contributed by atoms with Crippen molar-refractivity contribution >= 4 is 33.0 Å². The lowest BCUT2D eigenvalue weighted by Crippen LogP contribution is -2.22. The minimum atomic E-state index is -3.52. The predicted octanol–water partition coefficient (Wildman–Crippen LogP) is 2.29. The van der Waals surface area contributed by atoms with Gasteiger partial charge in [-0.05, 0) is 30.3 Å². The van der Waals surface area contributed by atoms with Crippen LogP contribution in [0.2, 0.25) is 0 Å². The Morgan fingerprint density at radius 1 is 1.11 bits per heavy atom. The van der Waals surface area contributed by atoms with Crippen molar-refractivity contribution in [1.29, 1.82) is 0 Å². The van der Waals surface area contributed by atoms with E-state index in [0.29, 0.717) is 11.4 Å². The molecule has 2 rings (SSSR count). The van der Waals surface area contributed by atoms with E-state index in [4.69, 9.17) is 0 Å². The molecule has 144 valence electrons. The molecule has 9 nitrogen and oxygen atoms in total. The highest BCUT2D eigenvalue weighted by Crippen LogP contribution is 2.23. The highest BCUT2D eigenvalue weighted by atomic mass is 32.2. The Bertz CT molecular complexity index is 927. The van der Waals surface area contributed by atoms with E-state index in [0.717, 1.165) is 4.31 Å². The molecule has 10 heteroatoms. The molecule has 0 unspecified atom stereocenters. The molecule has 0 saturated heterocycles. The number of nitro benzene ring substituents is 1. The van der Waals surface area contributed by atoms with E-state index in [1.165, 1.54) is 44.4 Å². The van der Waals surface area contributed by atoms with Crippen molar-refractivity contribution in [2.24, 2.45) is 0 Å². The number of benzene rings is 2. The van der Waals surface area contributed by atoms with Gasteiger partial charge in [0.1, 0.15) is 5.69 Å². The van der Waals surface area contributed by atoms with Crippen molar-refractivity contribution in [3.8, 4) is 0 Å². The number of nitrogens with one attached hydrogen (secondary N) is 2. The summed E-state index contributed by atoms with van der Waals surface area (Å²) in [5, 5.41) is 16.5. The van der Waals surface area contributed by atoms with Crippen LogP contribution in [0.1, 0.15) is 6.42 Å². The first kappa shape index (κ1) is 20.3. The molecule has 0 atom stereocenters. The van der Waals surface area contributed by atoms with Crippen LogP contribution in [0.3, 0.4) is 0 Å². The molecule has 1 amide bonds. The summed E-state index contributed by atoms with van der Waals surface area (Å²) in [4.78, 5) is 22.6. The van der Waals surface area contributed by atoms with Crippen molar-refractivity contribution in [2.45, 2.75) is 11.3 Å². The molecular formula is C17H20N4O5S. The average molecular weight is 392 g/mol. The van der Waals surface area contributed by atoms with Crippen molar-refractivity contribution in [3.63, 3.8) is 0 Å². The Labute approximate surface area is 157 Å². The van der Waals surface area contributed by atoms with Crippen LogP contribution in [0.25, 0.3) is 0 Å². The number of anilines is 2. The predicted molar refractivity (Wildman–Crippen MR) is 102 cm³/mol. The molecule has 0 radical (unpaired) electrons. The number of nitrogens with zero attached hydrogens (tertiary/aromatic N) is 2. The Morgan fingerprint density at radius 2 is 1.74 bits per heavy atom. The van der Waals surface area contributed by atoms with Gasteiger partial charge in [-0.2, -0.15) is 0 Å². The van der Waals surface area contributed by atoms with Crippen LogP contribution in [0.5, 0.6) is 0 Å². The summed E-state index contributed by atoms with van der Waals surface area (Å²) >= 11 is 0. The molecule has 0 heterocycles. The second-order valence-electron chi connectivity index (χ2n) is 5.81. The fourth-order valence-corrected chi connectivity index (χ4v) is 3.14. The molecule has 2 aromatic carbocycles. The number of nitro groups is 1. The van der Waals surface area contributed by atoms with E-state index in [1.54, 1.807) is 18.2 Å². The summed E-state index contributed by atoms with van der Waals surface area (Å²) in [7, 11) is -0.643. The van der Waals surface area contributed by atoms with Crippen molar-refractivity contribution in [3.05, 3.63) is 58.6 Å². The molecule has 2 N–H and O–H groups in total. The third-order valence-electron chi connectivity index (χ3n) is 3.68. The Balaban J connectivity index is 1.91. The van der Waals surface area contributed by atoms with E-state index in [9.17, 15) is 23.3 Å². The van der Waals surface area contributed by atoms with E-state index in [2.05, 4.69) is 10.6 Å². The molecule has 0 aromatic heterocycles. The molecule has 0 aliphatic heterocycles. The van der Waals surface area contributed by atoms with Gasteiger partial charge in [-0.15, -0.1) is 0 Å². The maximum absolute atomic E-state index is 12.0. The normalized spacial score (nSPS) is 11.2. The maximum Gasteiger partial charge on any atom is 0.292 e. The third kappa shape index (κ3) is 5.25. The van der Waals surface area contributed by atoms with Gasteiger partial charge in [0.05, 0.1) is 9.82 Å². The van der Waals surface area contributed by atoms with Gasteiger partial charge in [0.25, 0.3) is 5.69 Å². The SMILES string of the molecule is CN(C)S(=O)(=O)c1ccc(NC(=O)CCNc2ccccc2[N+](=O)[O-])cc1. The van der Waals surface area contributed by atoms with E-state index in [-0.39, 0.29) is 29.5 Å². The molecule has 2 aromatic rings. The van der Waals surface area contributed by atoms with Gasteiger partial charge < -0.3 is 10.6 Å². The molecule has 0 saturated carbocycles. The quantitative estimate of drug-likeness (QED) is 0.525. The number of carbonyl (C=O) groups excluding carboxylic acids is 1. The van der Waals surface area contributed by atoms with Gasteiger partial charge in [0.2, 0.25) is 15.9 Å². The smallest absolute Gasteiger partial charge is 0.292 e. The van der Waals surface area contributed by atoms with Crippen molar-refractivity contribution in [1.82, 2.24) is 4.31 Å². The van der Waals surface area contributed by atoms with Gasteiger partial charge in [-0.1, -0.05) is 12.1 Å². The first-order chi connectivity index (χ1) is 12.7. The minimum Gasteiger partial charge on any atom is -0.379 e. The summed E-state index contributed by atoms with van der Waals surface area (Å²) in [6.45, 7) is 0.212. The van der Waals surface area contributed by atoms with Crippen LogP contribution < -0.4 is 10.6 Å². The fraction of sp³-hybridized carbons (Fsp3) is 0.235. The first-order valence-electron chi connectivity index (χ1n) is 8.01. The van der Waals surface area contributed by atoms with Gasteiger partial charge in [0.15, 0.2) is 0 Å². The fourth-order valence-electron chi connectivity index (χ4n) is 2.24. The molecule has 0 fully saturated rings. The summed E-state index contributed by atoms with van der Waals surface area (Å²) in [5.74, 6) is -0.302. The summed E-state index contributed by atoms with van der Waals surface area (Å²) in [6.07, 6.45) is 0.0871. The Hall–Kier alpha value is -2.98. The van der Waals surface area contributed by atoms with E-state index < -0.39 is 14.9 Å². The Kier molecular flexibility index (Phi) is 6.48. The number of rotatable bonds is 8. The first-order valence-corrected chi connectivity index (χ1v) is 9.45. The van der Waals surface area contributed by atoms with Gasteiger partial charge >= 0.3 is 0 Å². The number of carbonyl (C=O) groups is 1. The number of hydrogen-bond donors (Lipinski definition) is 2. The lowest BCUT2D eigenvalue weighted by Gasteiger charge is -2.12. The molecule has 27 heavy (non-hydrogen) atoms. The zero-order chi connectivity index (χ0) is 20.0. The number of para-hydroxylation sites is 2. The molecule has 0 aliphatic rings. The number of hydrogen-bond acceptors (Lipinski definition) is 6. The second-order valence-corrected chi connectivity index (χ2v) is 7.96. The van der Waals surface area contributed by atoms with Crippen LogP contribution in [-0.4, -0.2) is 44.2 Å². The van der Waals surface area contributed by atoms with Crippen LogP contribution in [0.4, 0.5) is 17.1 Å². The molecular weight excluding hydrogens is 372 g/mol. The van der Waals surface area contributed by atoms with Gasteiger partial charge in [-0.25, -0.2) is 12.7 Å².